The molecule has 0 saturated carbocycles. The normalized spacial score (nSPS) is 11.6. The molecule has 262 valence electrons. The van der Waals surface area contributed by atoms with Gasteiger partial charge in [0.05, 0.1) is 15.9 Å². The molecule has 0 atom stereocenters. The molecular formula is C50H30N4OS. The van der Waals surface area contributed by atoms with Crippen molar-refractivity contribution in [3.05, 3.63) is 182 Å². The first-order valence-corrected chi connectivity index (χ1v) is 19.4. The highest BCUT2D eigenvalue weighted by Crippen LogP contribution is 2.52. The van der Waals surface area contributed by atoms with Gasteiger partial charge in [-0.3, -0.25) is 0 Å². The third-order valence-electron chi connectivity index (χ3n) is 10.3. The van der Waals surface area contributed by atoms with Gasteiger partial charge in [0.15, 0.2) is 17.5 Å². The van der Waals surface area contributed by atoms with Crippen molar-refractivity contribution in [2.45, 2.75) is 0 Å². The topological polar surface area (TPSA) is 64.7 Å². The number of rotatable bonds is 6. The van der Waals surface area contributed by atoms with Gasteiger partial charge in [-0.15, -0.1) is 11.3 Å². The molecule has 0 fully saturated rings. The number of benzene rings is 7. The monoisotopic (exact) mass is 734 g/mol. The Morgan fingerprint density at radius 2 is 0.946 bits per heavy atom. The first kappa shape index (κ1) is 32.2. The Morgan fingerprint density at radius 1 is 0.411 bits per heavy atom. The molecule has 0 saturated heterocycles. The van der Waals surface area contributed by atoms with E-state index in [0.717, 1.165) is 92.4 Å². The molecule has 0 spiro atoms. The van der Waals surface area contributed by atoms with Gasteiger partial charge in [0.2, 0.25) is 0 Å². The molecular weight excluding hydrogens is 705 g/mol. The van der Waals surface area contributed by atoms with E-state index in [1.54, 1.807) is 11.3 Å². The molecule has 0 aliphatic heterocycles. The number of aromatic nitrogens is 4. The van der Waals surface area contributed by atoms with E-state index in [-0.39, 0.29) is 0 Å². The summed E-state index contributed by atoms with van der Waals surface area (Å²) in [7, 11) is 0. The van der Waals surface area contributed by atoms with Crippen LogP contribution in [0.25, 0.3) is 110 Å². The third-order valence-corrected chi connectivity index (χ3v) is 11.6. The zero-order valence-corrected chi connectivity index (χ0v) is 30.7. The van der Waals surface area contributed by atoms with Crippen molar-refractivity contribution in [1.29, 1.82) is 0 Å². The van der Waals surface area contributed by atoms with E-state index in [0.29, 0.717) is 17.5 Å². The molecule has 0 amide bonds. The number of nitrogens with zero attached hydrogens (tertiary/aromatic N) is 4. The van der Waals surface area contributed by atoms with E-state index in [1.165, 1.54) is 0 Å². The van der Waals surface area contributed by atoms with Gasteiger partial charge in [-0.1, -0.05) is 164 Å². The van der Waals surface area contributed by atoms with E-state index in [4.69, 9.17) is 24.4 Å². The van der Waals surface area contributed by atoms with Crippen LogP contribution in [0.2, 0.25) is 0 Å². The molecule has 0 N–H and O–H groups in total. The Kier molecular flexibility index (Phi) is 7.60. The average Bonchev–Trinajstić information content (AvgIpc) is 3.87. The molecule has 0 aliphatic carbocycles. The van der Waals surface area contributed by atoms with Crippen LogP contribution in [-0.4, -0.2) is 19.9 Å². The van der Waals surface area contributed by atoms with Crippen LogP contribution in [0.5, 0.6) is 0 Å². The summed E-state index contributed by atoms with van der Waals surface area (Å²) in [5, 5.41) is 4.44. The fourth-order valence-electron chi connectivity index (χ4n) is 7.74. The summed E-state index contributed by atoms with van der Waals surface area (Å²) in [5.41, 5.74) is 10.7. The fourth-order valence-corrected chi connectivity index (χ4v) is 9.08. The van der Waals surface area contributed by atoms with Crippen molar-refractivity contribution in [1.82, 2.24) is 19.9 Å². The molecule has 4 aromatic heterocycles. The maximum Gasteiger partial charge on any atom is 0.164 e. The lowest BCUT2D eigenvalue weighted by Crippen LogP contribution is -2.00. The van der Waals surface area contributed by atoms with Crippen molar-refractivity contribution in [2.75, 3.05) is 0 Å². The highest BCUT2D eigenvalue weighted by atomic mass is 32.1. The molecule has 11 rings (SSSR count). The average molecular weight is 735 g/mol. The number of hydrogen-bond donors (Lipinski definition) is 0. The molecule has 5 nitrogen and oxygen atoms in total. The maximum absolute atomic E-state index is 6.74. The Morgan fingerprint density at radius 3 is 1.66 bits per heavy atom. The summed E-state index contributed by atoms with van der Waals surface area (Å²) in [6.07, 6.45) is 0. The minimum Gasteiger partial charge on any atom is -0.455 e. The predicted octanol–water partition coefficient (Wildman–Crippen LogP) is 13.5. The Hall–Kier alpha value is -7.28. The van der Waals surface area contributed by atoms with Crippen molar-refractivity contribution in [3.63, 3.8) is 0 Å². The Balaban J connectivity index is 1.21. The van der Waals surface area contributed by atoms with Gasteiger partial charge in [-0.25, -0.2) is 19.9 Å². The first-order valence-electron chi connectivity index (χ1n) is 18.6. The molecule has 0 radical (unpaired) electrons. The molecule has 4 heterocycles. The van der Waals surface area contributed by atoms with Crippen molar-refractivity contribution in [2.24, 2.45) is 0 Å². The Labute approximate surface area is 326 Å². The minimum absolute atomic E-state index is 0.610. The summed E-state index contributed by atoms with van der Waals surface area (Å²) in [6.45, 7) is 0. The second-order valence-electron chi connectivity index (χ2n) is 13.8. The quantitative estimate of drug-likeness (QED) is 0.170. The summed E-state index contributed by atoms with van der Waals surface area (Å²) in [5.74, 6) is 1.87. The third kappa shape index (κ3) is 5.38. The minimum atomic E-state index is 0.610. The van der Waals surface area contributed by atoms with E-state index < -0.39 is 0 Å². The van der Waals surface area contributed by atoms with E-state index in [2.05, 4.69) is 103 Å². The van der Waals surface area contributed by atoms with Crippen LogP contribution < -0.4 is 0 Å². The first-order chi connectivity index (χ1) is 27.8. The van der Waals surface area contributed by atoms with Gasteiger partial charge < -0.3 is 4.42 Å². The zero-order chi connectivity index (χ0) is 37.0. The lowest BCUT2D eigenvalue weighted by atomic mass is 9.94. The molecule has 0 bridgehead atoms. The van der Waals surface area contributed by atoms with Crippen LogP contribution in [0.4, 0.5) is 0 Å². The number of para-hydroxylation sites is 3. The van der Waals surface area contributed by atoms with Crippen LogP contribution in [0.1, 0.15) is 0 Å². The molecule has 7 aromatic carbocycles. The van der Waals surface area contributed by atoms with Crippen molar-refractivity contribution < 1.29 is 4.42 Å². The highest BCUT2D eigenvalue weighted by molar-refractivity contribution is 7.23. The van der Waals surface area contributed by atoms with Crippen LogP contribution in [0, 0.1) is 0 Å². The number of furan rings is 1. The second kappa shape index (κ2) is 13.2. The number of pyridine rings is 1. The SMILES string of the molecule is c1ccc(-c2nc(-c3ccccc3)nc(-c3cccc(-c4sc5c(-c6ccccc6)nc6ccccc6c5c4-c4cccc5c4oc4ccccc45)c3)n2)cc1. The standard InChI is InChI=1S/C50H30N4OS/c1-4-16-31(17-5-1)44-47-42(38-25-10-12-28-40(38)51-44)43(39-27-15-26-37-36-24-11-13-29-41(36)55-45(37)39)46(56-47)34-22-14-23-35(30-34)50-53-48(32-18-6-2-7-19-32)52-49(54-50)33-20-8-3-9-21-33/h1-30H. The van der Waals surface area contributed by atoms with Gasteiger partial charge in [0.25, 0.3) is 0 Å². The lowest BCUT2D eigenvalue weighted by Gasteiger charge is -2.11. The van der Waals surface area contributed by atoms with Gasteiger partial charge in [-0.05, 0) is 23.8 Å². The van der Waals surface area contributed by atoms with Gasteiger partial charge in [0.1, 0.15) is 11.2 Å². The van der Waals surface area contributed by atoms with Gasteiger partial charge in [0, 0.05) is 59.8 Å². The lowest BCUT2D eigenvalue weighted by molar-refractivity contribution is 0.670. The predicted molar refractivity (Wildman–Crippen MR) is 230 cm³/mol. The number of fused-ring (bicyclic) bond motifs is 6. The zero-order valence-electron chi connectivity index (χ0n) is 29.9. The Bertz CT molecular complexity index is 3190. The van der Waals surface area contributed by atoms with E-state index >= 15 is 0 Å². The maximum atomic E-state index is 6.74. The molecule has 0 aliphatic rings. The highest BCUT2D eigenvalue weighted by Gasteiger charge is 2.25. The summed E-state index contributed by atoms with van der Waals surface area (Å²) in [6, 6.07) is 62.5. The number of thiophene rings is 1. The van der Waals surface area contributed by atoms with Gasteiger partial charge >= 0.3 is 0 Å². The summed E-state index contributed by atoms with van der Waals surface area (Å²) >= 11 is 1.77. The molecule has 0 unspecified atom stereocenters. The fraction of sp³-hybridized carbons (Fsp3) is 0. The molecule has 56 heavy (non-hydrogen) atoms. The van der Waals surface area contributed by atoms with Crippen molar-refractivity contribution in [3.8, 4) is 67.0 Å². The summed E-state index contributed by atoms with van der Waals surface area (Å²) in [4.78, 5) is 21.5. The van der Waals surface area contributed by atoms with E-state index in [1.807, 2.05) is 78.9 Å². The van der Waals surface area contributed by atoms with Crippen LogP contribution in [0.15, 0.2) is 186 Å². The molecule has 11 aromatic rings. The van der Waals surface area contributed by atoms with Gasteiger partial charge in [-0.2, -0.15) is 0 Å². The largest absolute Gasteiger partial charge is 0.455 e. The number of hydrogen-bond acceptors (Lipinski definition) is 6. The summed E-state index contributed by atoms with van der Waals surface area (Å²) < 4.78 is 7.86. The smallest absolute Gasteiger partial charge is 0.164 e. The van der Waals surface area contributed by atoms with E-state index in [9.17, 15) is 0 Å². The van der Waals surface area contributed by atoms with Crippen molar-refractivity contribution >= 4 is 54.3 Å². The van der Waals surface area contributed by atoms with Crippen LogP contribution in [0.3, 0.4) is 0 Å². The molecule has 6 heteroatoms. The second-order valence-corrected chi connectivity index (χ2v) is 14.8. The van der Waals surface area contributed by atoms with Crippen LogP contribution >= 0.6 is 11.3 Å². The van der Waals surface area contributed by atoms with Crippen LogP contribution in [-0.2, 0) is 0 Å².